The first-order chi connectivity index (χ1) is 10.6. The van der Waals surface area contributed by atoms with Gasteiger partial charge in [-0.2, -0.15) is 8.42 Å². The van der Waals surface area contributed by atoms with Gasteiger partial charge in [-0.15, -0.1) is 0 Å². The van der Waals surface area contributed by atoms with E-state index >= 15 is 0 Å². The maximum Gasteiger partial charge on any atom is 0.267 e. The molecule has 3 N–H and O–H groups in total. The van der Waals surface area contributed by atoms with Crippen LogP contribution in [0, 0.1) is 5.92 Å². The van der Waals surface area contributed by atoms with E-state index in [1.807, 2.05) is 13.8 Å². The van der Waals surface area contributed by atoms with Crippen LogP contribution in [0.25, 0.3) is 0 Å². The molecule has 2 atom stereocenters. The summed E-state index contributed by atoms with van der Waals surface area (Å²) in [6.45, 7) is 7.82. The zero-order valence-electron chi connectivity index (χ0n) is 15.7. The molecule has 0 radical (unpaired) electrons. The predicted molar refractivity (Wildman–Crippen MR) is 99.2 cm³/mol. The summed E-state index contributed by atoms with van der Waals surface area (Å²) in [6, 6.07) is 0. The van der Waals surface area contributed by atoms with E-state index in [0.717, 1.165) is 19.3 Å². The second-order valence-corrected chi connectivity index (χ2v) is 9.52. The van der Waals surface area contributed by atoms with E-state index in [4.69, 9.17) is 10.3 Å². The lowest BCUT2D eigenvalue weighted by Crippen LogP contribution is -2.41. The molecule has 0 bridgehead atoms. The van der Waals surface area contributed by atoms with Crippen molar-refractivity contribution >= 4 is 10.1 Å². The topological polar surface area (TPSA) is 80.4 Å². The minimum absolute atomic E-state index is 0.298. The van der Waals surface area contributed by atoms with Gasteiger partial charge in [0.25, 0.3) is 10.1 Å². The molecule has 0 aromatic carbocycles. The van der Waals surface area contributed by atoms with Crippen molar-refractivity contribution in [3.63, 3.8) is 0 Å². The largest absolute Gasteiger partial charge is 0.325 e. The zero-order valence-corrected chi connectivity index (χ0v) is 16.5. The van der Waals surface area contributed by atoms with Crippen LogP contribution in [0.2, 0.25) is 0 Å². The van der Waals surface area contributed by atoms with Crippen LogP contribution in [0.4, 0.5) is 0 Å². The van der Waals surface area contributed by atoms with Gasteiger partial charge in [-0.3, -0.25) is 4.55 Å². The van der Waals surface area contributed by atoms with Crippen LogP contribution in [0.15, 0.2) is 0 Å². The summed E-state index contributed by atoms with van der Waals surface area (Å²) < 4.78 is 31.3. The summed E-state index contributed by atoms with van der Waals surface area (Å²) in [4.78, 5) is 0. The molecule has 0 fully saturated rings. The Balaban J connectivity index is 4.04. The zero-order chi connectivity index (χ0) is 17.9. The molecule has 4 nitrogen and oxygen atoms in total. The van der Waals surface area contributed by atoms with Gasteiger partial charge in [-0.1, -0.05) is 58.3 Å². The highest BCUT2D eigenvalue weighted by atomic mass is 32.2. The van der Waals surface area contributed by atoms with Crippen LogP contribution in [0.3, 0.4) is 0 Å². The molecule has 0 saturated heterocycles. The molecule has 0 aromatic heterocycles. The molecule has 0 spiro atoms. The lowest BCUT2D eigenvalue weighted by atomic mass is 9.81. The first-order valence-corrected chi connectivity index (χ1v) is 10.8. The van der Waals surface area contributed by atoms with Crippen molar-refractivity contribution in [2.24, 2.45) is 11.7 Å². The Hall–Kier alpha value is -0.130. The lowest BCUT2D eigenvalue weighted by molar-refractivity contribution is 0.268. The standard InChI is InChI=1S/C18H39NO3S/c1-5-6-7-8-9-10-11-12-13-17(18(3,4)19)15-14-16(2)23(20,21)22/h16-17H,5-15,19H2,1-4H3,(H,20,21,22). The quantitative estimate of drug-likeness (QED) is 0.344. The number of nitrogens with two attached hydrogens (primary N) is 1. The third-order valence-corrected chi connectivity index (χ3v) is 6.14. The van der Waals surface area contributed by atoms with E-state index in [9.17, 15) is 8.42 Å². The molecule has 0 amide bonds. The highest BCUT2D eigenvalue weighted by Crippen LogP contribution is 2.27. The lowest BCUT2D eigenvalue weighted by Gasteiger charge is -2.31. The smallest absolute Gasteiger partial charge is 0.267 e. The summed E-state index contributed by atoms with van der Waals surface area (Å²) in [6.07, 6.45) is 12.6. The highest BCUT2D eigenvalue weighted by molar-refractivity contribution is 7.86. The Morgan fingerprint density at radius 3 is 1.83 bits per heavy atom. The third kappa shape index (κ3) is 12.0. The summed E-state index contributed by atoms with van der Waals surface area (Å²) in [5.74, 6) is 0.298. The van der Waals surface area contributed by atoms with Gasteiger partial charge in [0.2, 0.25) is 0 Å². The molecule has 2 unspecified atom stereocenters. The van der Waals surface area contributed by atoms with Crippen molar-refractivity contribution < 1.29 is 13.0 Å². The van der Waals surface area contributed by atoms with Crippen LogP contribution in [-0.2, 0) is 10.1 Å². The van der Waals surface area contributed by atoms with E-state index in [-0.39, 0.29) is 5.54 Å². The normalized spacial score (nSPS) is 15.6. The predicted octanol–water partition coefficient (Wildman–Crippen LogP) is 4.93. The molecule has 0 rings (SSSR count). The van der Waals surface area contributed by atoms with Crippen molar-refractivity contribution in [2.75, 3.05) is 0 Å². The summed E-state index contributed by atoms with van der Waals surface area (Å²) >= 11 is 0. The first-order valence-electron chi connectivity index (χ1n) is 9.34. The Kier molecular flexibility index (Phi) is 11.4. The van der Waals surface area contributed by atoms with Gasteiger partial charge in [-0.25, -0.2) is 0 Å². The van der Waals surface area contributed by atoms with E-state index in [1.54, 1.807) is 6.92 Å². The van der Waals surface area contributed by atoms with E-state index in [0.29, 0.717) is 12.3 Å². The minimum atomic E-state index is -3.93. The van der Waals surface area contributed by atoms with Gasteiger partial charge in [-0.05, 0) is 46.0 Å². The van der Waals surface area contributed by atoms with Crippen LogP contribution in [-0.4, -0.2) is 23.8 Å². The van der Waals surface area contributed by atoms with Gasteiger partial charge in [0.1, 0.15) is 0 Å². The van der Waals surface area contributed by atoms with Gasteiger partial charge in [0.15, 0.2) is 0 Å². The molecule has 0 aromatic rings. The van der Waals surface area contributed by atoms with E-state index < -0.39 is 15.4 Å². The monoisotopic (exact) mass is 349 g/mol. The summed E-state index contributed by atoms with van der Waals surface area (Å²) in [5.41, 5.74) is 5.95. The molecule has 0 aliphatic carbocycles. The van der Waals surface area contributed by atoms with Crippen LogP contribution in [0.5, 0.6) is 0 Å². The third-order valence-electron chi connectivity index (χ3n) is 4.89. The average Bonchev–Trinajstić information content (AvgIpc) is 2.42. The van der Waals surface area contributed by atoms with Crippen molar-refractivity contribution in [3.8, 4) is 0 Å². The number of unbranched alkanes of at least 4 members (excludes halogenated alkanes) is 7. The molecule has 5 heteroatoms. The number of rotatable bonds is 14. The summed E-state index contributed by atoms with van der Waals surface area (Å²) in [7, 11) is -3.93. The van der Waals surface area contributed by atoms with Crippen molar-refractivity contribution in [2.45, 2.75) is 109 Å². The SMILES string of the molecule is CCCCCCCCCCC(CCC(C)S(=O)(=O)O)C(C)(C)N. The fourth-order valence-corrected chi connectivity index (χ4v) is 3.43. The van der Waals surface area contributed by atoms with E-state index in [2.05, 4.69) is 6.92 Å². The highest BCUT2D eigenvalue weighted by Gasteiger charge is 2.27. The molecule has 23 heavy (non-hydrogen) atoms. The maximum atomic E-state index is 11.1. The molecule has 140 valence electrons. The molecule has 0 saturated carbocycles. The minimum Gasteiger partial charge on any atom is -0.325 e. The molecular formula is C18H39NO3S. The first kappa shape index (κ1) is 22.9. The van der Waals surface area contributed by atoms with Gasteiger partial charge >= 0.3 is 0 Å². The average molecular weight is 350 g/mol. The van der Waals surface area contributed by atoms with Crippen LogP contribution < -0.4 is 5.73 Å². The number of hydrogen-bond donors (Lipinski definition) is 2. The van der Waals surface area contributed by atoms with Gasteiger partial charge in [0.05, 0.1) is 5.25 Å². The molecule has 0 aliphatic heterocycles. The van der Waals surface area contributed by atoms with Gasteiger partial charge in [0, 0.05) is 5.54 Å². The van der Waals surface area contributed by atoms with Gasteiger partial charge < -0.3 is 5.73 Å². The van der Waals surface area contributed by atoms with Crippen molar-refractivity contribution in [3.05, 3.63) is 0 Å². The fraction of sp³-hybridized carbons (Fsp3) is 1.00. The second-order valence-electron chi connectivity index (χ2n) is 7.68. The molecular weight excluding hydrogens is 310 g/mol. The second kappa shape index (κ2) is 11.4. The molecule has 0 heterocycles. The van der Waals surface area contributed by atoms with E-state index in [1.165, 1.54) is 44.9 Å². The van der Waals surface area contributed by atoms with Crippen molar-refractivity contribution in [1.29, 1.82) is 0 Å². The maximum absolute atomic E-state index is 11.1. The van der Waals surface area contributed by atoms with Crippen LogP contribution in [0.1, 0.15) is 98.3 Å². The Labute approximate surface area is 144 Å². The number of hydrogen-bond acceptors (Lipinski definition) is 3. The Morgan fingerprint density at radius 1 is 0.913 bits per heavy atom. The fourth-order valence-electron chi connectivity index (χ4n) is 3.00. The van der Waals surface area contributed by atoms with Crippen LogP contribution >= 0.6 is 0 Å². The Morgan fingerprint density at radius 2 is 1.39 bits per heavy atom. The summed E-state index contributed by atoms with van der Waals surface area (Å²) in [5, 5.41) is -0.703. The van der Waals surface area contributed by atoms with Crippen molar-refractivity contribution in [1.82, 2.24) is 0 Å². The Bertz CT molecular complexity index is 388. The molecule has 0 aliphatic rings.